The van der Waals surface area contributed by atoms with Gasteiger partial charge in [0.05, 0.1) is 0 Å². The number of carbonyl (C=O) groups is 1. The van der Waals surface area contributed by atoms with Crippen molar-refractivity contribution in [1.82, 2.24) is 0 Å². The molecule has 0 aromatic heterocycles. The van der Waals surface area contributed by atoms with Crippen LogP contribution in [-0.2, 0) is 0 Å². The number of rotatable bonds is 6. The van der Waals surface area contributed by atoms with Crippen molar-refractivity contribution in [3.8, 4) is 44.5 Å². The van der Waals surface area contributed by atoms with E-state index in [1.165, 1.54) is 0 Å². The third-order valence-electron chi connectivity index (χ3n) is 6.90. The molecule has 0 bridgehead atoms. The Morgan fingerprint density at radius 3 is 1.03 bits per heavy atom. The van der Waals surface area contributed by atoms with Crippen molar-refractivity contribution in [3.05, 3.63) is 169 Å². The summed E-state index contributed by atoms with van der Waals surface area (Å²) in [6.07, 6.45) is 0. The first kappa shape index (κ1) is 23.4. The minimum atomic E-state index is 0.0167. The minimum absolute atomic E-state index is 0.0167. The fraction of sp³-hybridized carbons (Fsp3) is 0. The minimum Gasteiger partial charge on any atom is -0.289 e. The van der Waals surface area contributed by atoms with Crippen molar-refractivity contribution >= 4 is 5.78 Å². The van der Waals surface area contributed by atoms with Crippen LogP contribution < -0.4 is 0 Å². The Morgan fingerprint density at radius 2 is 0.632 bits per heavy atom. The molecule has 1 heteroatoms. The summed E-state index contributed by atoms with van der Waals surface area (Å²) in [4.78, 5) is 13.7. The number of ketones is 1. The summed E-state index contributed by atoms with van der Waals surface area (Å²) < 4.78 is 0. The molecule has 0 radical (unpaired) electrons. The highest BCUT2D eigenvalue weighted by atomic mass is 16.1. The van der Waals surface area contributed by atoms with Gasteiger partial charge in [-0.05, 0) is 56.6 Å². The molecule has 6 aromatic carbocycles. The summed E-state index contributed by atoms with van der Waals surface area (Å²) in [6, 6.07) is 53.3. The highest BCUT2D eigenvalue weighted by Gasteiger charge is 2.14. The molecule has 0 spiro atoms. The predicted octanol–water partition coefficient (Wildman–Crippen LogP) is 9.59. The van der Waals surface area contributed by atoms with Gasteiger partial charge in [-0.25, -0.2) is 0 Å². The van der Waals surface area contributed by atoms with E-state index in [1.54, 1.807) is 0 Å². The maximum Gasteiger partial charge on any atom is 0.193 e. The van der Waals surface area contributed by atoms with Crippen molar-refractivity contribution < 1.29 is 4.79 Å². The van der Waals surface area contributed by atoms with Gasteiger partial charge < -0.3 is 0 Å². The smallest absolute Gasteiger partial charge is 0.193 e. The van der Waals surface area contributed by atoms with Crippen LogP contribution in [0.2, 0.25) is 0 Å². The standard InChI is InChI=1S/C37H26O/c38-37(31-19-11-17-29(25-31)35-23-9-7-21-33(35)27-13-3-1-4-14-27)32-20-12-18-30(26-32)36-24-10-8-22-34(36)28-15-5-2-6-16-28/h1-26H. The van der Waals surface area contributed by atoms with Gasteiger partial charge in [0.15, 0.2) is 5.78 Å². The van der Waals surface area contributed by atoms with Gasteiger partial charge in [-0.1, -0.05) is 146 Å². The van der Waals surface area contributed by atoms with Crippen molar-refractivity contribution in [2.24, 2.45) is 0 Å². The van der Waals surface area contributed by atoms with Gasteiger partial charge in [0, 0.05) is 11.1 Å². The van der Waals surface area contributed by atoms with E-state index in [1.807, 2.05) is 60.7 Å². The van der Waals surface area contributed by atoms with Crippen LogP contribution in [0.25, 0.3) is 44.5 Å². The van der Waals surface area contributed by atoms with Crippen molar-refractivity contribution in [1.29, 1.82) is 0 Å². The molecule has 0 amide bonds. The molecule has 38 heavy (non-hydrogen) atoms. The highest BCUT2D eigenvalue weighted by molar-refractivity contribution is 6.10. The van der Waals surface area contributed by atoms with Crippen LogP contribution in [0, 0.1) is 0 Å². The van der Waals surface area contributed by atoms with Crippen LogP contribution in [0.3, 0.4) is 0 Å². The Kier molecular flexibility index (Phi) is 6.49. The number of hydrogen-bond donors (Lipinski definition) is 0. The maximum atomic E-state index is 13.7. The van der Waals surface area contributed by atoms with Crippen LogP contribution in [0.4, 0.5) is 0 Å². The van der Waals surface area contributed by atoms with Crippen LogP contribution in [0.1, 0.15) is 15.9 Å². The SMILES string of the molecule is O=C(c1cccc(-c2ccccc2-c2ccccc2)c1)c1cccc(-c2ccccc2-c2ccccc2)c1. The third-order valence-corrected chi connectivity index (χ3v) is 6.90. The summed E-state index contributed by atoms with van der Waals surface area (Å²) in [5.41, 5.74) is 10.3. The maximum absolute atomic E-state index is 13.7. The molecule has 0 N–H and O–H groups in total. The zero-order chi connectivity index (χ0) is 25.7. The molecule has 180 valence electrons. The molecule has 0 aliphatic heterocycles. The second-order valence-electron chi connectivity index (χ2n) is 9.31. The summed E-state index contributed by atoms with van der Waals surface area (Å²) >= 11 is 0. The molecule has 1 nitrogen and oxygen atoms in total. The highest BCUT2D eigenvalue weighted by Crippen LogP contribution is 2.34. The Morgan fingerprint density at radius 1 is 0.316 bits per heavy atom. The van der Waals surface area contributed by atoms with E-state index in [2.05, 4.69) is 97.1 Å². The normalized spacial score (nSPS) is 10.7. The zero-order valence-electron chi connectivity index (χ0n) is 20.9. The summed E-state index contributed by atoms with van der Waals surface area (Å²) in [5.74, 6) is 0.0167. The molecule has 0 aliphatic rings. The Labute approximate surface area is 223 Å². The fourth-order valence-electron chi connectivity index (χ4n) is 5.03. The monoisotopic (exact) mass is 486 g/mol. The second-order valence-corrected chi connectivity index (χ2v) is 9.31. The lowest BCUT2D eigenvalue weighted by atomic mass is 9.91. The largest absolute Gasteiger partial charge is 0.289 e. The Bertz CT molecular complexity index is 1590. The molecular weight excluding hydrogens is 460 g/mol. The van der Waals surface area contributed by atoms with Gasteiger partial charge >= 0.3 is 0 Å². The molecule has 0 saturated heterocycles. The molecule has 0 atom stereocenters. The quantitative estimate of drug-likeness (QED) is 0.214. The summed E-state index contributed by atoms with van der Waals surface area (Å²) in [7, 11) is 0. The third kappa shape index (κ3) is 4.70. The van der Waals surface area contributed by atoms with E-state index in [4.69, 9.17) is 0 Å². The first-order chi connectivity index (χ1) is 18.8. The average Bonchev–Trinajstić information content (AvgIpc) is 3.02. The van der Waals surface area contributed by atoms with Gasteiger partial charge in [0.25, 0.3) is 0 Å². The summed E-state index contributed by atoms with van der Waals surface area (Å²) in [6.45, 7) is 0. The zero-order valence-corrected chi connectivity index (χ0v) is 20.9. The van der Waals surface area contributed by atoms with Gasteiger partial charge in [-0.3, -0.25) is 4.79 Å². The Balaban J connectivity index is 1.37. The average molecular weight is 487 g/mol. The molecule has 6 aromatic rings. The van der Waals surface area contributed by atoms with Crippen LogP contribution >= 0.6 is 0 Å². The van der Waals surface area contributed by atoms with Crippen molar-refractivity contribution in [3.63, 3.8) is 0 Å². The van der Waals surface area contributed by atoms with Crippen molar-refractivity contribution in [2.45, 2.75) is 0 Å². The van der Waals surface area contributed by atoms with E-state index in [0.717, 1.165) is 44.5 Å². The molecule has 0 heterocycles. The van der Waals surface area contributed by atoms with Gasteiger partial charge in [-0.15, -0.1) is 0 Å². The van der Waals surface area contributed by atoms with Gasteiger partial charge in [-0.2, -0.15) is 0 Å². The first-order valence-corrected chi connectivity index (χ1v) is 12.8. The van der Waals surface area contributed by atoms with E-state index in [-0.39, 0.29) is 5.78 Å². The Hall–Kier alpha value is -5.01. The molecule has 0 aliphatic carbocycles. The topological polar surface area (TPSA) is 17.1 Å². The predicted molar refractivity (Wildman–Crippen MR) is 158 cm³/mol. The van der Waals surface area contributed by atoms with Gasteiger partial charge in [0.2, 0.25) is 0 Å². The lowest BCUT2D eigenvalue weighted by molar-refractivity contribution is 0.103. The molecule has 0 unspecified atom stereocenters. The number of hydrogen-bond acceptors (Lipinski definition) is 1. The first-order valence-electron chi connectivity index (χ1n) is 12.8. The molecular formula is C37H26O. The molecule has 0 fully saturated rings. The second kappa shape index (κ2) is 10.5. The van der Waals surface area contributed by atoms with Crippen LogP contribution in [0.5, 0.6) is 0 Å². The lowest BCUT2D eigenvalue weighted by Gasteiger charge is -2.13. The summed E-state index contributed by atoms with van der Waals surface area (Å²) in [5, 5.41) is 0. The van der Waals surface area contributed by atoms with Crippen LogP contribution in [-0.4, -0.2) is 5.78 Å². The molecule has 0 saturated carbocycles. The van der Waals surface area contributed by atoms with E-state index >= 15 is 0 Å². The fourth-order valence-corrected chi connectivity index (χ4v) is 5.03. The lowest BCUT2D eigenvalue weighted by Crippen LogP contribution is -2.02. The van der Waals surface area contributed by atoms with E-state index in [0.29, 0.717) is 11.1 Å². The van der Waals surface area contributed by atoms with E-state index < -0.39 is 0 Å². The molecule has 6 rings (SSSR count). The van der Waals surface area contributed by atoms with Crippen LogP contribution in [0.15, 0.2) is 158 Å². The van der Waals surface area contributed by atoms with Gasteiger partial charge in [0.1, 0.15) is 0 Å². The van der Waals surface area contributed by atoms with Crippen molar-refractivity contribution in [2.75, 3.05) is 0 Å². The number of carbonyl (C=O) groups excluding carboxylic acids is 1. The van der Waals surface area contributed by atoms with E-state index in [9.17, 15) is 4.79 Å². The number of benzene rings is 6.